The second kappa shape index (κ2) is 12.7. The Labute approximate surface area is 217 Å². The third-order valence-corrected chi connectivity index (χ3v) is 5.67. The van der Waals surface area contributed by atoms with Gasteiger partial charge in [0.05, 0.1) is 10.7 Å². The number of amidine groups is 1. The number of carbonyl (C=O) groups excluding carboxylic acids is 1. The topological polar surface area (TPSA) is 91.5 Å². The fourth-order valence-electron chi connectivity index (χ4n) is 3.69. The molecule has 3 aromatic rings. The molecular weight excluding hydrogens is 474 g/mol. The average molecular weight is 506 g/mol. The standard InChI is InChI=1S/C25H26ClN5O2.C3H6/c1-4-22(26)24-29-16(3)28-19-7-5-6-17(10-19)8-9-18-11-20(30-24)13-21(12-18)31-25(32)23-15(2)27-14-33-23;1-3-2/h4-7,10-14,16,28H,8-9H2,1-3H3,(H,29,30)(H,31,32);3H,1H2,2H3/b22-4+;. The molecule has 0 radical (unpaired) electrons. The van der Waals surface area contributed by atoms with Gasteiger partial charge >= 0.3 is 0 Å². The summed E-state index contributed by atoms with van der Waals surface area (Å²) in [6.07, 6.45) is 6.24. The molecule has 4 bridgehead atoms. The molecule has 1 aliphatic rings. The molecule has 2 aromatic carbocycles. The molecule has 0 spiro atoms. The van der Waals surface area contributed by atoms with Gasteiger partial charge in [0.15, 0.2) is 6.39 Å². The van der Waals surface area contributed by atoms with Crippen LogP contribution in [0.2, 0.25) is 0 Å². The van der Waals surface area contributed by atoms with Crippen molar-refractivity contribution < 1.29 is 9.21 Å². The number of benzene rings is 2. The number of aryl methyl sites for hydroxylation is 3. The summed E-state index contributed by atoms with van der Waals surface area (Å²) in [7, 11) is 0. The molecule has 0 saturated heterocycles. The minimum atomic E-state index is -0.350. The highest BCUT2D eigenvalue weighted by Gasteiger charge is 2.16. The smallest absolute Gasteiger partial charge is 0.293 e. The quantitative estimate of drug-likeness (QED) is 0.335. The van der Waals surface area contributed by atoms with Crippen molar-refractivity contribution in [3.05, 3.63) is 95.2 Å². The van der Waals surface area contributed by atoms with Gasteiger partial charge in [0, 0.05) is 17.1 Å². The largest absolute Gasteiger partial charge is 0.438 e. The molecular formula is C28H32ClN5O2. The van der Waals surface area contributed by atoms with Crippen LogP contribution in [0, 0.1) is 6.92 Å². The first-order valence-corrected chi connectivity index (χ1v) is 12.2. The second-order valence-corrected chi connectivity index (χ2v) is 8.72. The van der Waals surface area contributed by atoms with Gasteiger partial charge in [-0.05, 0) is 82.0 Å². The van der Waals surface area contributed by atoms with Crippen molar-refractivity contribution in [1.29, 1.82) is 0 Å². The number of carbonyl (C=O) groups is 1. The van der Waals surface area contributed by atoms with Crippen LogP contribution >= 0.6 is 11.6 Å². The number of fused-ring (bicyclic) bond motifs is 4. The lowest BCUT2D eigenvalue weighted by molar-refractivity contribution is 0.0996. The molecule has 1 atom stereocenters. The van der Waals surface area contributed by atoms with Crippen molar-refractivity contribution in [2.24, 2.45) is 4.99 Å². The van der Waals surface area contributed by atoms with E-state index in [1.165, 1.54) is 12.0 Å². The maximum absolute atomic E-state index is 12.7. The predicted molar refractivity (Wildman–Crippen MR) is 149 cm³/mol. The van der Waals surface area contributed by atoms with Crippen LogP contribution in [0.25, 0.3) is 0 Å². The Bertz CT molecular complexity index is 1280. The molecule has 2 heterocycles. The molecule has 0 fully saturated rings. The number of nitrogens with zero attached hydrogens (tertiary/aromatic N) is 2. The summed E-state index contributed by atoms with van der Waals surface area (Å²) >= 11 is 6.47. The van der Waals surface area contributed by atoms with E-state index < -0.39 is 0 Å². The van der Waals surface area contributed by atoms with E-state index in [1.54, 1.807) is 19.1 Å². The molecule has 1 unspecified atom stereocenters. The van der Waals surface area contributed by atoms with Gasteiger partial charge in [-0.1, -0.05) is 35.9 Å². The van der Waals surface area contributed by atoms with E-state index in [-0.39, 0.29) is 17.8 Å². The highest BCUT2D eigenvalue weighted by molar-refractivity contribution is 6.45. The van der Waals surface area contributed by atoms with Crippen LogP contribution in [-0.4, -0.2) is 22.9 Å². The van der Waals surface area contributed by atoms with Gasteiger partial charge < -0.3 is 20.4 Å². The molecule has 1 aliphatic heterocycles. The van der Waals surface area contributed by atoms with Crippen LogP contribution < -0.4 is 16.0 Å². The van der Waals surface area contributed by atoms with Gasteiger partial charge in [0.25, 0.3) is 5.91 Å². The van der Waals surface area contributed by atoms with Crippen molar-refractivity contribution in [2.75, 3.05) is 16.0 Å². The molecule has 1 amide bonds. The monoisotopic (exact) mass is 505 g/mol. The number of allylic oxidation sites excluding steroid dienone is 2. The zero-order valence-electron chi connectivity index (χ0n) is 21.1. The number of anilines is 3. The second-order valence-electron chi connectivity index (χ2n) is 8.31. The van der Waals surface area contributed by atoms with Crippen LogP contribution in [0.5, 0.6) is 0 Å². The lowest BCUT2D eigenvalue weighted by Crippen LogP contribution is -2.20. The number of hydrogen-bond donors (Lipinski definition) is 3. The number of halogens is 1. The average Bonchev–Trinajstić information content (AvgIpc) is 3.28. The van der Waals surface area contributed by atoms with E-state index in [0.29, 0.717) is 22.2 Å². The molecule has 7 nitrogen and oxygen atoms in total. The lowest BCUT2D eigenvalue weighted by atomic mass is 10.0. The van der Waals surface area contributed by atoms with E-state index in [2.05, 4.69) is 39.6 Å². The van der Waals surface area contributed by atoms with E-state index in [9.17, 15) is 4.79 Å². The maximum Gasteiger partial charge on any atom is 0.293 e. The van der Waals surface area contributed by atoms with Crippen LogP contribution in [0.15, 0.2) is 82.0 Å². The zero-order chi connectivity index (χ0) is 26.1. The zero-order valence-corrected chi connectivity index (χ0v) is 21.8. The molecule has 0 saturated carbocycles. The van der Waals surface area contributed by atoms with Crippen molar-refractivity contribution >= 4 is 40.4 Å². The van der Waals surface area contributed by atoms with E-state index >= 15 is 0 Å². The molecule has 4 rings (SSSR count). The maximum atomic E-state index is 12.7. The summed E-state index contributed by atoms with van der Waals surface area (Å²) in [6, 6.07) is 14.2. The highest BCUT2D eigenvalue weighted by Crippen LogP contribution is 2.24. The van der Waals surface area contributed by atoms with Gasteiger partial charge in [-0.3, -0.25) is 4.79 Å². The Hall–Kier alpha value is -3.84. The van der Waals surface area contributed by atoms with Gasteiger partial charge in [0.2, 0.25) is 5.76 Å². The number of oxazole rings is 1. The Kier molecular flexibility index (Phi) is 9.47. The number of aromatic nitrogens is 1. The minimum Gasteiger partial charge on any atom is -0.438 e. The molecule has 0 aliphatic carbocycles. The van der Waals surface area contributed by atoms with Gasteiger partial charge in [0.1, 0.15) is 12.0 Å². The Morgan fingerprint density at radius 2 is 1.89 bits per heavy atom. The SMILES string of the molecule is C/C=C(Cl)\C1=N/C(C)Nc2cccc(c2)CCc2cc(NC(=O)c3ocnc3C)cc(c2)N1.C=CC. The third kappa shape index (κ3) is 7.33. The van der Waals surface area contributed by atoms with Crippen molar-refractivity contribution in [1.82, 2.24) is 4.98 Å². The Balaban J connectivity index is 0.00000115. The van der Waals surface area contributed by atoms with Gasteiger partial charge in [-0.2, -0.15) is 0 Å². The summed E-state index contributed by atoms with van der Waals surface area (Å²) in [5, 5.41) is 10.2. The highest BCUT2D eigenvalue weighted by atomic mass is 35.5. The lowest BCUT2D eigenvalue weighted by Gasteiger charge is -2.16. The molecule has 8 heteroatoms. The fraction of sp³-hybridized carbons (Fsp3) is 0.250. The first-order chi connectivity index (χ1) is 17.3. The Morgan fingerprint density at radius 3 is 2.58 bits per heavy atom. The summed E-state index contributed by atoms with van der Waals surface area (Å²) in [5.74, 6) is 0.378. The molecule has 1 aromatic heterocycles. The van der Waals surface area contributed by atoms with Crippen LogP contribution in [0.3, 0.4) is 0 Å². The first kappa shape index (κ1) is 26.8. The predicted octanol–water partition coefficient (Wildman–Crippen LogP) is 6.94. The van der Waals surface area contributed by atoms with Crippen molar-refractivity contribution in [3.8, 4) is 0 Å². The summed E-state index contributed by atoms with van der Waals surface area (Å²) in [5.41, 5.74) is 5.22. The first-order valence-electron chi connectivity index (χ1n) is 11.8. The Morgan fingerprint density at radius 1 is 1.17 bits per heavy atom. The number of amides is 1. The molecule has 3 N–H and O–H groups in total. The summed E-state index contributed by atoms with van der Waals surface area (Å²) in [4.78, 5) is 21.4. The van der Waals surface area contributed by atoms with Crippen LogP contribution in [0.4, 0.5) is 17.1 Å². The van der Waals surface area contributed by atoms with Crippen LogP contribution in [0.1, 0.15) is 48.1 Å². The van der Waals surface area contributed by atoms with Gasteiger partial charge in [-0.25, -0.2) is 9.98 Å². The summed E-state index contributed by atoms with van der Waals surface area (Å²) < 4.78 is 5.23. The third-order valence-electron chi connectivity index (χ3n) is 5.27. The van der Waals surface area contributed by atoms with Crippen molar-refractivity contribution in [2.45, 2.75) is 46.7 Å². The van der Waals surface area contributed by atoms with E-state index in [1.807, 2.05) is 51.1 Å². The molecule has 188 valence electrons. The summed E-state index contributed by atoms with van der Waals surface area (Å²) in [6.45, 7) is 10.8. The van der Waals surface area contributed by atoms with E-state index in [4.69, 9.17) is 21.0 Å². The number of hydrogen-bond acceptors (Lipinski definition) is 6. The fourth-order valence-corrected chi connectivity index (χ4v) is 3.78. The van der Waals surface area contributed by atoms with Gasteiger partial charge in [-0.15, -0.1) is 6.58 Å². The number of aliphatic imine (C=N–C) groups is 1. The number of rotatable bonds is 3. The normalized spacial score (nSPS) is 16.8. The van der Waals surface area contributed by atoms with Crippen LogP contribution in [-0.2, 0) is 12.8 Å². The molecule has 36 heavy (non-hydrogen) atoms. The van der Waals surface area contributed by atoms with Crippen molar-refractivity contribution in [3.63, 3.8) is 0 Å². The minimum absolute atomic E-state index is 0.191. The van der Waals surface area contributed by atoms with E-state index in [0.717, 1.165) is 29.8 Å². The number of nitrogens with one attached hydrogen (secondary N) is 3.